The molecule has 0 heterocycles. The predicted molar refractivity (Wildman–Crippen MR) is 24.7 cm³/mol. The highest BCUT2D eigenvalue weighted by molar-refractivity contribution is 5.84. The van der Waals surface area contributed by atoms with E-state index in [4.69, 9.17) is 5.53 Å². The van der Waals surface area contributed by atoms with E-state index < -0.39 is 5.91 Å². The first kappa shape index (κ1) is 6.27. The molecule has 3 heteroatoms. The van der Waals surface area contributed by atoms with Gasteiger partial charge in [-0.15, -0.1) is 5.11 Å². The van der Waals surface area contributed by atoms with Crippen molar-refractivity contribution in [3.05, 3.63) is 6.42 Å². The first-order chi connectivity index (χ1) is 3.31. The summed E-state index contributed by atoms with van der Waals surface area (Å²) in [6.45, 7) is 1.82. The third-order valence-corrected chi connectivity index (χ3v) is 0.489. The molecule has 0 fully saturated rings. The van der Waals surface area contributed by atoms with Gasteiger partial charge in [0.2, 0.25) is 0 Å². The van der Waals surface area contributed by atoms with Gasteiger partial charge >= 0.3 is 0 Å². The van der Waals surface area contributed by atoms with Gasteiger partial charge in [-0.25, -0.2) is 5.53 Å². The Labute approximate surface area is 42.2 Å². The molecule has 7 heavy (non-hydrogen) atoms. The fourth-order valence-corrected chi connectivity index (χ4v) is 0.220. The smallest absolute Gasteiger partial charge is 0.267 e. The summed E-state index contributed by atoms with van der Waals surface area (Å²) in [6, 6.07) is 0. The van der Waals surface area contributed by atoms with Gasteiger partial charge in [0.25, 0.3) is 5.91 Å². The predicted octanol–water partition coefficient (Wildman–Crippen LogP) is 1.16. The Morgan fingerprint density at radius 3 is 2.71 bits per heavy atom. The van der Waals surface area contributed by atoms with E-state index in [1.165, 1.54) is 6.42 Å². The Balaban J connectivity index is 3.17. The van der Waals surface area contributed by atoms with Crippen LogP contribution in [0, 0.1) is 12.0 Å². The van der Waals surface area contributed by atoms with Gasteiger partial charge in [0.15, 0.2) is 0 Å². The zero-order chi connectivity index (χ0) is 5.70. The summed E-state index contributed by atoms with van der Waals surface area (Å²) in [5.74, 6) is -0.456. The number of carbonyl (C=O) groups excluding carboxylic acids is 1. The van der Waals surface area contributed by atoms with Gasteiger partial charge in [-0.05, 0) is 6.42 Å². The molecule has 1 amide bonds. The van der Waals surface area contributed by atoms with Crippen LogP contribution in [0.1, 0.15) is 13.3 Å². The molecule has 3 nitrogen and oxygen atoms in total. The van der Waals surface area contributed by atoms with E-state index >= 15 is 0 Å². The second-order valence-electron chi connectivity index (χ2n) is 1.06. The maximum Gasteiger partial charge on any atom is 0.267 e. The van der Waals surface area contributed by atoms with Crippen molar-refractivity contribution in [2.75, 3.05) is 0 Å². The van der Waals surface area contributed by atoms with Crippen LogP contribution in [0.15, 0.2) is 5.11 Å². The average Bonchev–Trinajstić information content (AvgIpc) is 1.68. The molecular weight excluding hydrogens is 92.1 g/mol. The van der Waals surface area contributed by atoms with E-state index in [0.29, 0.717) is 6.42 Å². The third kappa shape index (κ3) is 3.09. The summed E-state index contributed by atoms with van der Waals surface area (Å²) in [5, 5.41) is 2.63. The van der Waals surface area contributed by atoms with E-state index in [1.54, 1.807) is 0 Å². The lowest BCUT2D eigenvalue weighted by atomic mass is 10.3. The molecule has 0 aliphatic carbocycles. The number of hydrogen-bond acceptors (Lipinski definition) is 2. The minimum absolute atomic E-state index is 0.456. The highest BCUT2D eigenvalue weighted by atomic mass is 16.1. The van der Waals surface area contributed by atoms with Crippen LogP contribution in [-0.4, -0.2) is 5.91 Å². The molecule has 0 bridgehead atoms. The number of amides is 1. The first-order valence-corrected chi connectivity index (χ1v) is 2.06. The fourth-order valence-electron chi connectivity index (χ4n) is 0.220. The Bertz CT molecular complexity index is 79.8. The molecule has 0 aliphatic heterocycles. The van der Waals surface area contributed by atoms with Crippen molar-refractivity contribution in [1.82, 2.24) is 0 Å². The molecule has 0 aliphatic rings. The molecule has 0 rings (SSSR count). The standard InChI is InChI=1S/C4H7N2O/c1-2-3-4(7)6-5/h3,5H,2H2,1H3. The van der Waals surface area contributed by atoms with Gasteiger partial charge in [0.05, 0.1) is 6.42 Å². The summed E-state index contributed by atoms with van der Waals surface area (Å²) in [7, 11) is 0. The second kappa shape index (κ2) is 3.46. The molecule has 0 atom stereocenters. The monoisotopic (exact) mass is 99.1 g/mol. The molecule has 0 aromatic heterocycles. The quantitative estimate of drug-likeness (QED) is 0.519. The van der Waals surface area contributed by atoms with Crippen LogP contribution < -0.4 is 0 Å². The minimum Gasteiger partial charge on any atom is -0.271 e. The van der Waals surface area contributed by atoms with E-state index in [0.717, 1.165) is 0 Å². The van der Waals surface area contributed by atoms with Crippen LogP contribution in [0.25, 0.3) is 0 Å². The van der Waals surface area contributed by atoms with Crippen molar-refractivity contribution >= 4 is 5.91 Å². The maximum atomic E-state index is 10.0. The average molecular weight is 99.1 g/mol. The lowest BCUT2D eigenvalue weighted by Gasteiger charge is -1.79. The topological polar surface area (TPSA) is 53.3 Å². The normalized spacial score (nSPS) is 8.14. The number of nitrogens with one attached hydrogen (secondary N) is 1. The highest BCUT2D eigenvalue weighted by Crippen LogP contribution is 1.85. The molecule has 0 saturated heterocycles. The summed E-state index contributed by atoms with van der Waals surface area (Å²) in [6.07, 6.45) is 2.01. The van der Waals surface area contributed by atoms with Crippen LogP contribution in [0.2, 0.25) is 0 Å². The Morgan fingerprint density at radius 1 is 2.00 bits per heavy atom. The molecule has 0 saturated carbocycles. The highest BCUT2D eigenvalue weighted by Gasteiger charge is 1.91. The zero-order valence-electron chi connectivity index (χ0n) is 4.14. The second-order valence-corrected chi connectivity index (χ2v) is 1.06. The lowest BCUT2D eigenvalue weighted by molar-refractivity contribution is -0.115. The van der Waals surface area contributed by atoms with Crippen molar-refractivity contribution in [3.8, 4) is 0 Å². The van der Waals surface area contributed by atoms with Gasteiger partial charge in [-0.2, -0.15) is 0 Å². The molecule has 0 aromatic carbocycles. The molecule has 0 aromatic rings. The van der Waals surface area contributed by atoms with Crippen molar-refractivity contribution in [1.29, 1.82) is 5.53 Å². The van der Waals surface area contributed by atoms with Crippen LogP contribution in [-0.2, 0) is 4.79 Å². The molecule has 0 spiro atoms. The maximum absolute atomic E-state index is 10.0. The third-order valence-electron chi connectivity index (χ3n) is 0.489. The Kier molecular flexibility index (Phi) is 3.10. The largest absolute Gasteiger partial charge is 0.271 e. The van der Waals surface area contributed by atoms with E-state index in [9.17, 15) is 4.79 Å². The van der Waals surface area contributed by atoms with Gasteiger partial charge in [0.1, 0.15) is 0 Å². The first-order valence-electron chi connectivity index (χ1n) is 2.06. The van der Waals surface area contributed by atoms with Crippen LogP contribution in [0.3, 0.4) is 0 Å². The van der Waals surface area contributed by atoms with Gasteiger partial charge in [-0.1, -0.05) is 6.92 Å². The van der Waals surface area contributed by atoms with Crippen LogP contribution >= 0.6 is 0 Å². The van der Waals surface area contributed by atoms with Gasteiger partial charge < -0.3 is 0 Å². The molecule has 39 valence electrons. The number of nitrogens with zero attached hydrogens (tertiary/aromatic N) is 1. The summed E-state index contributed by atoms with van der Waals surface area (Å²) < 4.78 is 0. The molecule has 1 N–H and O–H groups in total. The van der Waals surface area contributed by atoms with Crippen LogP contribution in [0.5, 0.6) is 0 Å². The summed E-state index contributed by atoms with van der Waals surface area (Å²) >= 11 is 0. The molecule has 0 unspecified atom stereocenters. The molecule has 1 radical (unpaired) electrons. The van der Waals surface area contributed by atoms with Crippen LogP contribution in [0.4, 0.5) is 0 Å². The van der Waals surface area contributed by atoms with E-state index in [-0.39, 0.29) is 0 Å². The number of rotatable bonds is 2. The summed E-state index contributed by atoms with van der Waals surface area (Å²) in [4.78, 5) is 10.0. The zero-order valence-corrected chi connectivity index (χ0v) is 4.14. The number of carbonyl (C=O) groups is 1. The van der Waals surface area contributed by atoms with Gasteiger partial charge in [0, 0.05) is 0 Å². The minimum atomic E-state index is -0.456. The van der Waals surface area contributed by atoms with Crippen molar-refractivity contribution < 1.29 is 4.79 Å². The van der Waals surface area contributed by atoms with Crippen molar-refractivity contribution in [2.24, 2.45) is 5.11 Å². The Hall–Kier alpha value is -0.730. The SMILES string of the molecule is CC[CH]C(=O)N=N. The van der Waals surface area contributed by atoms with Crippen molar-refractivity contribution in [3.63, 3.8) is 0 Å². The Morgan fingerprint density at radius 2 is 2.57 bits per heavy atom. The van der Waals surface area contributed by atoms with Gasteiger partial charge in [-0.3, -0.25) is 4.79 Å². The number of hydrogen-bond donors (Lipinski definition) is 1. The van der Waals surface area contributed by atoms with E-state index in [1.807, 2.05) is 6.92 Å². The molecular formula is C4H7N2O. The van der Waals surface area contributed by atoms with Crippen molar-refractivity contribution in [2.45, 2.75) is 13.3 Å². The fraction of sp³-hybridized carbons (Fsp3) is 0.500. The summed E-state index contributed by atoms with van der Waals surface area (Å²) in [5.41, 5.74) is 6.16. The lowest BCUT2D eigenvalue weighted by Crippen LogP contribution is -1.88. The van der Waals surface area contributed by atoms with E-state index in [2.05, 4.69) is 5.11 Å².